The molecular weight excluding hydrogens is 168 g/mol. The molecule has 0 aliphatic heterocycles. The molecule has 0 saturated heterocycles. The van der Waals surface area contributed by atoms with Crippen molar-refractivity contribution in [1.82, 2.24) is 5.32 Å². The molecule has 1 N–H and O–H groups in total. The van der Waals surface area contributed by atoms with Crippen LogP contribution >= 0.6 is 11.8 Å². The summed E-state index contributed by atoms with van der Waals surface area (Å²) < 4.78 is 0. The molecule has 0 aromatic heterocycles. The maximum absolute atomic E-state index is 8.82. The molecule has 1 atom stereocenters. The van der Waals surface area contributed by atoms with Crippen molar-refractivity contribution in [3.05, 3.63) is 0 Å². The monoisotopic (exact) mass is 186 g/mol. The van der Waals surface area contributed by atoms with Gasteiger partial charge in [0.1, 0.15) is 5.54 Å². The van der Waals surface area contributed by atoms with Gasteiger partial charge < -0.3 is 5.32 Å². The lowest BCUT2D eigenvalue weighted by Crippen LogP contribution is -2.38. The zero-order valence-corrected chi connectivity index (χ0v) is 9.00. The lowest BCUT2D eigenvalue weighted by atomic mass is 10.0. The van der Waals surface area contributed by atoms with Crippen molar-refractivity contribution in [2.75, 3.05) is 18.6 Å². The van der Waals surface area contributed by atoms with E-state index < -0.39 is 0 Å². The van der Waals surface area contributed by atoms with E-state index in [0.717, 1.165) is 12.2 Å². The SMILES string of the molecule is CCCSCCC(C)(C#N)NC. The highest BCUT2D eigenvalue weighted by atomic mass is 32.2. The standard InChI is InChI=1S/C9H18N2S/c1-4-6-12-7-5-9(2,8-10)11-3/h11H,4-7H2,1-3H3. The average Bonchev–Trinajstić information content (AvgIpc) is 2.12. The van der Waals surface area contributed by atoms with E-state index in [1.165, 1.54) is 12.2 Å². The Hall–Kier alpha value is -0.200. The fourth-order valence-corrected chi connectivity index (χ4v) is 1.80. The van der Waals surface area contributed by atoms with Gasteiger partial charge in [-0.3, -0.25) is 0 Å². The Morgan fingerprint density at radius 3 is 2.58 bits per heavy atom. The van der Waals surface area contributed by atoms with Crippen LogP contribution in [0.25, 0.3) is 0 Å². The van der Waals surface area contributed by atoms with E-state index in [1.54, 1.807) is 0 Å². The van der Waals surface area contributed by atoms with Gasteiger partial charge in [0.2, 0.25) is 0 Å². The van der Waals surface area contributed by atoms with Gasteiger partial charge in [-0.05, 0) is 38.3 Å². The lowest BCUT2D eigenvalue weighted by Gasteiger charge is -2.19. The molecule has 1 unspecified atom stereocenters. The van der Waals surface area contributed by atoms with Crippen LogP contribution < -0.4 is 5.32 Å². The molecule has 0 aromatic rings. The molecule has 0 radical (unpaired) electrons. The first kappa shape index (κ1) is 11.8. The van der Waals surface area contributed by atoms with Crippen molar-refractivity contribution in [3.8, 4) is 6.07 Å². The molecule has 0 saturated carbocycles. The summed E-state index contributed by atoms with van der Waals surface area (Å²) in [7, 11) is 1.84. The van der Waals surface area contributed by atoms with E-state index in [4.69, 9.17) is 5.26 Å². The first-order valence-electron chi connectivity index (χ1n) is 4.36. The topological polar surface area (TPSA) is 35.8 Å². The zero-order valence-electron chi connectivity index (χ0n) is 8.18. The molecule has 0 aliphatic rings. The fraction of sp³-hybridized carbons (Fsp3) is 0.889. The zero-order chi connectivity index (χ0) is 9.45. The number of thioether (sulfide) groups is 1. The quantitative estimate of drug-likeness (QED) is 0.645. The molecule has 0 aromatic carbocycles. The smallest absolute Gasteiger partial charge is 0.104 e. The summed E-state index contributed by atoms with van der Waals surface area (Å²) in [6.45, 7) is 4.12. The van der Waals surface area contributed by atoms with Gasteiger partial charge >= 0.3 is 0 Å². The molecule has 2 nitrogen and oxygen atoms in total. The first-order valence-corrected chi connectivity index (χ1v) is 5.52. The third kappa shape index (κ3) is 4.63. The van der Waals surface area contributed by atoms with E-state index in [0.29, 0.717) is 0 Å². The van der Waals surface area contributed by atoms with E-state index >= 15 is 0 Å². The van der Waals surface area contributed by atoms with Gasteiger partial charge in [-0.2, -0.15) is 17.0 Å². The molecule has 0 heterocycles. The highest BCUT2D eigenvalue weighted by molar-refractivity contribution is 7.99. The Labute approximate surface area is 79.7 Å². The van der Waals surface area contributed by atoms with Crippen molar-refractivity contribution < 1.29 is 0 Å². The highest BCUT2D eigenvalue weighted by Gasteiger charge is 2.19. The lowest BCUT2D eigenvalue weighted by molar-refractivity contribution is 0.479. The Balaban J connectivity index is 3.54. The normalized spacial score (nSPS) is 15.2. The molecule has 3 heteroatoms. The Morgan fingerprint density at radius 2 is 2.17 bits per heavy atom. The summed E-state index contributed by atoms with van der Waals surface area (Å²) in [5.41, 5.74) is -0.333. The van der Waals surface area contributed by atoms with Crippen molar-refractivity contribution in [1.29, 1.82) is 5.26 Å². The van der Waals surface area contributed by atoms with Crippen molar-refractivity contribution in [2.45, 2.75) is 32.2 Å². The highest BCUT2D eigenvalue weighted by Crippen LogP contribution is 2.13. The van der Waals surface area contributed by atoms with Gasteiger partial charge in [0, 0.05) is 0 Å². The van der Waals surface area contributed by atoms with Gasteiger partial charge in [0.25, 0.3) is 0 Å². The predicted molar refractivity (Wildman–Crippen MR) is 55.3 cm³/mol. The minimum absolute atomic E-state index is 0.333. The molecule has 0 amide bonds. The maximum atomic E-state index is 8.82. The Bertz CT molecular complexity index is 153. The van der Waals surface area contributed by atoms with E-state index in [1.807, 2.05) is 25.7 Å². The summed E-state index contributed by atoms with van der Waals surface area (Å²) in [5, 5.41) is 11.9. The third-order valence-electron chi connectivity index (χ3n) is 1.89. The van der Waals surface area contributed by atoms with Gasteiger partial charge in [-0.25, -0.2) is 0 Å². The number of nitrogens with zero attached hydrogens (tertiary/aromatic N) is 1. The van der Waals surface area contributed by atoms with Crippen LogP contribution in [0.2, 0.25) is 0 Å². The van der Waals surface area contributed by atoms with Crippen LogP contribution in [0.5, 0.6) is 0 Å². The molecule has 0 bridgehead atoms. The van der Waals surface area contributed by atoms with Crippen LogP contribution in [0.3, 0.4) is 0 Å². The molecular formula is C9H18N2S. The van der Waals surface area contributed by atoms with Crippen LogP contribution in [0.4, 0.5) is 0 Å². The second kappa shape index (κ2) is 6.33. The summed E-state index contributed by atoms with van der Waals surface area (Å²) in [6, 6.07) is 2.28. The summed E-state index contributed by atoms with van der Waals surface area (Å²) in [4.78, 5) is 0. The molecule has 70 valence electrons. The fourth-order valence-electron chi connectivity index (χ4n) is 0.759. The summed E-state index contributed by atoms with van der Waals surface area (Å²) in [5.74, 6) is 2.27. The second-order valence-corrected chi connectivity index (χ2v) is 4.28. The van der Waals surface area contributed by atoms with Crippen LogP contribution in [-0.2, 0) is 0 Å². The van der Waals surface area contributed by atoms with Crippen LogP contribution in [0.15, 0.2) is 0 Å². The van der Waals surface area contributed by atoms with Gasteiger partial charge in [-0.1, -0.05) is 6.92 Å². The van der Waals surface area contributed by atoms with Crippen molar-refractivity contribution in [3.63, 3.8) is 0 Å². The van der Waals surface area contributed by atoms with E-state index in [-0.39, 0.29) is 5.54 Å². The Kier molecular flexibility index (Phi) is 6.23. The van der Waals surface area contributed by atoms with Crippen LogP contribution in [-0.4, -0.2) is 24.1 Å². The van der Waals surface area contributed by atoms with Gasteiger partial charge in [0.05, 0.1) is 6.07 Å². The molecule has 0 aliphatic carbocycles. The predicted octanol–water partition coefficient (Wildman–Crippen LogP) is 2.02. The van der Waals surface area contributed by atoms with E-state index in [9.17, 15) is 0 Å². The third-order valence-corrected chi connectivity index (χ3v) is 3.08. The largest absolute Gasteiger partial charge is 0.303 e. The summed E-state index contributed by atoms with van der Waals surface area (Å²) >= 11 is 1.92. The second-order valence-electron chi connectivity index (χ2n) is 3.06. The Morgan fingerprint density at radius 1 is 1.50 bits per heavy atom. The molecule has 0 fully saturated rings. The number of rotatable bonds is 6. The van der Waals surface area contributed by atoms with Gasteiger partial charge in [0.15, 0.2) is 0 Å². The first-order chi connectivity index (χ1) is 5.68. The molecule has 0 rings (SSSR count). The number of nitrogens with one attached hydrogen (secondary N) is 1. The maximum Gasteiger partial charge on any atom is 0.104 e. The van der Waals surface area contributed by atoms with Crippen molar-refractivity contribution in [2.24, 2.45) is 0 Å². The number of hydrogen-bond acceptors (Lipinski definition) is 3. The van der Waals surface area contributed by atoms with Crippen LogP contribution in [0, 0.1) is 11.3 Å². The molecule has 12 heavy (non-hydrogen) atoms. The van der Waals surface area contributed by atoms with Crippen LogP contribution in [0.1, 0.15) is 26.7 Å². The minimum Gasteiger partial charge on any atom is -0.303 e. The average molecular weight is 186 g/mol. The minimum atomic E-state index is -0.333. The number of nitriles is 1. The van der Waals surface area contributed by atoms with Gasteiger partial charge in [-0.15, -0.1) is 0 Å². The summed E-state index contributed by atoms with van der Waals surface area (Å²) in [6.07, 6.45) is 2.14. The number of hydrogen-bond donors (Lipinski definition) is 1. The molecule has 0 spiro atoms. The van der Waals surface area contributed by atoms with E-state index in [2.05, 4.69) is 18.3 Å². The van der Waals surface area contributed by atoms with Crippen molar-refractivity contribution >= 4 is 11.8 Å².